The number of hydrogen-bond acceptors (Lipinski definition) is 1. The molecule has 3 unspecified atom stereocenters. The minimum atomic E-state index is -1.27. The molecule has 2 heteroatoms. The van der Waals surface area contributed by atoms with Crippen molar-refractivity contribution in [2.24, 2.45) is 17.8 Å². The highest BCUT2D eigenvalue weighted by Gasteiger charge is 2.35. The molecule has 2 aliphatic rings. The molecule has 0 aromatic heterocycles. The fourth-order valence-electron chi connectivity index (χ4n) is 4.18. The van der Waals surface area contributed by atoms with Crippen LogP contribution in [-0.2, 0) is 4.74 Å². The highest BCUT2D eigenvalue weighted by Crippen LogP contribution is 2.43. The first-order chi connectivity index (χ1) is 11.4. The summed E-state index contributed by atoms with van der Waals surface area (Å²) < 4.78 is 6.27. The van der Waals surface area contributed by atoms with E-state index in [0.29, 0.717) is 0 Å². The maximum atomic E-state index is 6.27. The second kappa shape index (κ2) is 6.86. The Morgan fingerprint density at radius 1 is 0.826 bits per heavy atom. The van der Waals surface area contributed by atoms with Crippen molar-refractivity contribution in [1.29, 1.82) is 0 Å². The molecule has 4 rings (SSSR count). The van der Waals surface area contributed by atoms with E-state index < -0.39 is 8.80 Å². The minimum Gasteiger partial charge on any atom is -0.384 e. The van der Waals surface area contributed by atoms with Gasteiger partial charge in [0.25, 0.3) is 0 Å². The van der Waals surface area contributed by atoms with Gasteiger partial charge in [-0.05, 0) is 30.6 Å². The zero-order valence-electron chi connectivity index (χ0n) is 13.5. The minimum absolute atomic E-state index is 0.756. The van der Waals surface area contributed by atoms with E-state index in [4.69, 9.17) is 4.74 Å². The summed E-state index contributed by atoms with van der Waals surface area (Å²) in [5, 5.41) is 2.96. The lowest BCUT2D eigenvalue weighted by molar-refractivity contribution is 0.123. The van der Waals surface area contributed by atoms with Gasteiger partial charge in [-0.15, -0.1) is 0 Å². The lowest BCUT2D eigenvalue weighted by Crippen LogP contribution is -2.46. The molecule has 1 nitrogen and oxygen atoms in total. The molecule has 0 aliphatic heterocycles. The third-order valence-electron chi connectivity index (χ3n) is 5.44. The Kier molecular flexibility index (Phi) is 4.45. The molecule has 0 saturated heterocycles. The van der Waals surface area contributed by atoms with E-state index in [-0.39, 0.29) is 0 Å². The van der Waals surface area contributed by atoms with Crippen LogP contribution in [0.3, 0.4) is 0 Å². The molecule has 0 heterocycles. The normalized spacial score (nSPS) is 25.3. The van der Waals surface area contributed by atoms with Crippen LogP contribution in [-0.4, -0.2) is 21.6 Å². The summed E-state index contributed by atoms with van der Waals surface area (Å²) in [6, 6.07) is 21.9. The molecule has 2 bridgehead atoms. The Labute approximate surface area is 140 Å². The zero-order chi connectivity index (χ0) is 15.5. The summed E-state index contributed by atoms with van der Waals surface area (Å²) in [5.41, 5.74) is 0. The van der Waals surface area contributed by atoms with Gasteiger partial charge in [-0.1, -0.05) is 83.2 Å². The van der Waals surface area contributed by atoms with Gasteiger partial charge in [0.1, 0.15) is 8.80 Å². The molecule has 23 heavy (non-hydrogen) atoms. The van der Waals surface area contributed by atoms with Crippen molar-refractivity contribution in [2.75, 3.05) is 12.8 Å². The third kappa shape index (κ3) is 3.33. The van der Waals surface area contributed by atoms with Crippen molar-refractivity contribution < 1.29 is 4.74 Å². The van der Waals surface area contributed by atoms with E-state index >= 15 is 0 Å². The maximum absolute atomic E-state index is 6.27. The molecule has 2 aromatic carbocycles. The van der Waals surface area contributed by atoms with Crippen molar-refractivity contribution in [3.05, 3.63) is 72.8 Å². The summed E-state index contributed by atoms with van der Waals surface area (Å²) in [5.74, 6) is 2.38. The quantitative estimate of drug-likeness (QED) is 0.587. The topological polar surface area (TPSA) is 9.23 Å². The van der Waals surface area contributed by atoms with Crippen LogP contribution in [0, 0.1) is 17.8 Å². The van der Waals surface area contributed by atoms with E-state index in [1.807, 2.05) is 0 Å². The van der Waals surface area contributed by atoms with E-state index in [0.717, 1.165) is 30.6 Å². The number of hydrogen-bond donors (Lipinski definition) is 0. The van der Waals surface area contributed by atoms with E-state index in [1.165, 1.54) is 23.2 Å². The molecule has 0 radical (unpaired) electrons. The predicted octanol–water partition coefficient (Wildman–Crippen LogP) is 2.80. The smallest absolute Gasteiger partial charge is 0.130 e. The lowest BCUT2D eigenvalue weighted by atomic mass is 9.95. The van der Waals surface area contributed by atoms with Crippen LogP contribution in [0.2, 0.25) is 0 Å². The first kappa shape index (κ1) is 14.9. The van der Waals surface area contributed by atoms with Crippen LogP contribution >= 0.6 is 0 Å². The molecule has 0 spiro atoms. The SMILES string of the molecule is C1=CC2CC1CC2COC[SiH](c1ccccc1)c1ccccc1. The van der Waals surface area contributed by atoms with Crippen molar-refractivity contribution in [3.63, 3.8) is 0 Å². The maximum Gasteiger partial charge on any atom is 0.130 e. The van der Waals surface area contributed by atoms with Crippen molar-refractivity contribution in [3.8, 4) is 0 Å². The average Bonchev–Trinajstić information content (AvgIpc) is 3.23. The third-order valence-corrected chi connectivity index (χ3v) is 8.39. The highest BCUT2D eigenvalue weighted by atomic mass is 28.3. The predicted molar refractivity (Wildman–Crippen MR) is 99.0 cm³/mol. The molecule has 0 amide bonds. The Morgan fingerprint density at radius 2 is 1.48 bits per heavy atom. The van der Waals surface area contributed by atoms with Gasteiger partial charge in [-0.25, -0.2) is 0 Å². The zero-order valence-corrected chi connectivity index (χ0v) is 14.6. The summed E-state index contributed by atoms with van der Waals surface area (Å²) in [6.07, 6.45) is 8.44. The van der Waals surface area contributed by atoms with Gasteiger partial charge in [0.15, 0.2) is 0 Å². The van der Waals surface area contributed by atoms with Crippen LogP contribution in [0.15, 0.2) is 72.8 Å². The molecular formula is C21H24OSi. The largest absolute Gasteiger partial charge is 0.384 e. The Bertz CT molecular complexity index is 613. The number of benzene rings is 2. The number of fused-ring (bicyclic) bond motifs is 2. The molecule has 2 aliphatic carbocycles. The van der Waals surface area contributed by atoms with Gasteiger partial charge in [0.2, 0.25) is 0 Å². The standard InChI is InChI=1S/C21H24OSi/c1-3-7-20(8-4-1)23(21-9-5-2-6-10-21)16-22-15-19-14-17-11-12-18(19)13-17/h1-12,17-19,23H,13-16H2. The van der Waals surface area contributed by atoms with Gasteiger partial charge < -0.3 is 4.74 Å². The molecule has 1 fully saturated rings. The monoisotopic (exact) mass is 320 g/mol. The van der Waals surface area contributed by atoms with Crippen LogP contribution in [0.25, 0.3) is 0 Å². The fourth-order valence-corrected chi connectivity index (χ4v) is 6.69. The number of rotatable bonds is 6. The molecule has 118 valence electrons. The Balaban J connectivity index is 1.43. The number of allylic oxidation sites excluding steroid dienone is 2. The average molecular weight is 321 g/mol. The molecule has 2 aromatic rings. The van der Waals surface area contributed by atoms with Crippen molar-refractivity contribution in [1.82, 2.24) is 0 Å². The van der Waals surface area contributed by atoms with Crippen LogP contribution in [0.5, 0.6) is 0 Å². The lowest BCUT2D eigenvalue weighted by Gasteiger charge is -2.21. The van der Waals surface area contributed by atoms with Crippen molar-refractivity contribution >= 4 is 19.2 Å². The van der Waals surface area contributed by atoms with Crippen LogP contribution in [0.1, 0.15) is 12.8 Å². The first-order valence-electron chi connectivity index (χ1n) is 8.76. The van der Waals surface area contributed by atoms with Gasteiger partial charge >= 0.3 is 0 Å². The summed E-state index contributed by atoms with van der Waals surface area (Å²) in [6.45, 7) is 0.939. The second-order valence-corrected chi connectivity index (χ2v) is 9.72. The summed E-state index contributed by atoms with van der Waals surface area (Å²) in [4.78, 5) is 0. The van der Waals surface area contributed by atoms with E-state index in [9.17, 15) is 0 Å². The van der Waals surface area contributed by atoms with Gasteiger partial charge in [-0.3, -0.25) is 0 Å². The Hall–Kier alpha value is -1.64. The van der Waals surface area contributed by atoms with Gasteiger partial charge in [0, 0.05) is 12.8 Å². The van der Waals surface area contributed by atoms with Gasteiger partial charge in [-0.2, -0.15) is 0 Å². The molecular weight excluding hydrogens is 296 g/mol. The Morgan fingerprint density at radius 3 is 2.00 bits per heavy atom. The second-order valence-electron chi connectivity index (χ2n) is 6.95. The summed E-state index contributed by atoms with van der Waals surface area (Å²) >= 11 is 0. The van der Waals surface area contributed by atoms with Gasteiger partial charge in [0.05, 0.1) is 0 Å². The highest BCUT2D eigenvalue weighted by molar-refractivity contribution is 6.85. The van der Waals surface area contributed by atoms with Crippen LogP contribution < -0.4 is 10.4 Å². The van der Waals surface area contributed by atoms with Crippen LogP contribution in [0.4, 0.5) is 0 Å². The first-order valence-corrected chi connectivity index (χ1v) is 10.7. The fraction of sp³-hybridized carbons (Fsp3) is 0.333. The van der Waals surface area contributed by atoms with Crippen molar-refractivity contribution in [2.45, 2.75) is 12.8 Å². The molecule has 1 saturated carbocycles. The summed E-state index contributed by atoms with van der Waals surface area (Å²) in [7, 11) is -1.27. The molecule has 3 atom stereocenters. The van der Waals surface area contributed by atoms with E-state index in [2.05, 4.69) is 72.8 Å². The molecule has 0 N–H and O–H groups in total. The number of ether oxygens (including phenoxy) is 1. The van der Waals surface area contributed by atoms with E-state index in [1.54, 1.807) is 0 Å².